The topological polar surface area (TPSA) is 40.5 Å². The molecule has 0 amide bonds. The van der Waals surface area contributed by atoms with Crippen LogP contribution in [0.3, 0.4) is 0 Å². The molecule has 2 rings (SSSR count). The molecule has 1 atom stereocenters. The van der Waals surface area contributed by atoms with E-state index in [1.165, 1.54) is 6.42 Å². The van der Waals surface area contributed by atoms with Gasteiger partial charge in [-0.1, -0.05) is 36.2 Å². The Morgan fingerprint density at radius 3 is 2.22 bits per heavy atom. The Morgan fingerprint density at radius 2 is 1.72 bits per heavy atom. The fourth-order valence-electron chi connectivity index (χ4n) is 2.66. The van der Waals surface area contributed by atoms with Gasteiger partial charge in [0.15, 0.2) is 0 Å². The summed E-state index contributed by atoms with van der Waals surface area (Å²) in [6.07, 6.45) is 3.39. The number of nitrogens with zero attached hydrogens (tertiary/aromatic N) is 1. The Labute approximate surface area is 108 Å². The van der Waals surface area contributed by atoms with E-state index in [-0.39, 0.29) is 0 Å². The molecule has 0 aliphatic carbocycles. The number of likely N-dealkylation sites (tertiary alicyclic amines) is 1. The third kappa shape index (κ3) is 2.27. The normalized spacial score (nSPS) is 20.3. The van der Waals surface area contributed by atoms with Crippen molar-refractivity contribution >= 4 is 5.97 Å². The summed E-state index contributed by atoms with van der Waals surface area (Å²) in [6.45, 7) is 5.58. The summed E-state index contributed by atoms with van der Waals surface area (Å²) in [5, 5.41) is 9.67. The molecule has 98 valence electrons. The zero-order valence-electron chi connectivity index (χ0n) is 11.1. The molecule has 18 heavy (non-hydrogen) atoms. The highest BCUT2D eigenvalue weighted by Gasteiger charge is 2.41. The molecule has 0 spiro atoms. The van der Waals surface area contributed by atoms with Gasteiger partial charge in [-0.15, -0.1) is 0 Å². The van der Waals surface area contributed by atoms with Gasteiger partial charge in [-0.25, -0.2) is 4.79 Å². The average molecular weight is 247 g/mol. The first-order chi connectivity index (χ1) is 8.55. The van der Waals surface area contributed by atoms with E-state index >= 15 is 0 Å². The number of carboxylic acid groups (broad SMARTS) is 1. The minimum absolute atomic E-state index is 0.756. The van der Waals surface area contributed by atoms with E-state index in [1.807, 2.05) is 38.1 Å². The molecule has 1 aliphatic rings. The summed E-state index contributed by atoms with van der Waals surface area (Å²) < 4.78 is 0. The van der Waals surface area contributed by atoms with Gasteiger partial charge in [0.25, 0.3) is 0 Å². The van der Waals surface area contributed by atoms with Crippen LogP contribution in [-0.2, 0) is 10.3 Å². The van der Waals surface area contributed by atoms with Gasteiger partial charge < -0.3 is 5.11 Å². The second-order valence-electron chi connectivity index (χ2n) is 5.29. The van der Waals surface area contributed by atoms with E-state index in [1.54, 1.807) is 0 Å². The van der Waals surface area contributed by atoms with Crippen molar-refractivity contribution in [3.8, 4) is 0 Å². The highest BCUT2D eigenvalue weighted by atomic mass is 16.4. The van der Waals surface area contributed by atoms with Crippen LogP contribution < -0.4 is 0 Å². The number of benzene rings is 1. The van der Waals surface area contributed by atoms with E-state index in [4.69, 9.17) is 0 Å². The molecule has 0 aromatic heterocycles. The van der Waals surface area contributed by atoms with Crippen molar-refractivity contribution in [2.75, 3.05) is 13.1 Å². The Kier molecular flexibility index (Phi) is 3.71. The molecule has 1 aromatic rings. The van der Waals surface area contributed by atoms with E-state index in [9.17, 15) is 9.90 Å². The number of aliphatic carboxylic acids is 1. The third-order valence-electron chi connectivity index (χ3n) is 4.02. The molecule has 1 heterocycles. The van der Waals surface area contributed by atoms with E-state index < -0.39 is 11.5 Å². The lowest BCUT2D eigenvalue weighted by molar-refractivity contribution is -0.152. The molecule has 0 saturated carbocycles. The fraction of sp³-hybridized carbons (Fsp3) is 0.533. The molecule has 3 heteroatoms. The first-order valence-corrected chi connectivity index (χ1v) is 6.61. The van der Waals surface area contributed by atoms with Crippen LogP contribution in [0.1, 0.15) is 37.3 Å². The monoisotopic (exact) mass is 247 g/mol. The lowest BCUT2D eigenvalue weighted by Gasteiger charge is -2.40. The predicted octanol–water partition coefficient (Wildman–Crippen LogP) is 2.78. The number of carbonyl (C=O) groups is 1. The number of hydrogen-bond acceptors (Lipinski definition) is 2. The molecular formula is C15H21NO2. The highest BCUT2D eigenvalue weighted by molar-refractivity contribution is 5.80. The van der Waals surface area contributed by atoms with Gasteiger partial charge in [-0.3, -0.25) is 4.90 Å². The molecular weight excluding hydrogens is 226 g/mol. The summed E-state index contributed by atoms with van der Waals surface area (Å²) in [5.41, 5.74) is 1.14. The SMILES string of the molecule is Cc1ccc(C(C)(C(=O)O)N2CCCCC2)cc1. The maximum Gasteiger partial charge on any atom is 0.328 e. The van der Waals surface area contributed by atoms with Crippen molar-refractivity contribution < 1.29 is 9.90 Å². The van der Waals surface area contributed by atoms with Gasteiger partial charge in [0.1, 0.15) is 5.54 Å². The quantitative estimate of drug-likeness (QED) is 0.893. The second kappa shape index (κ2) is 5.11. The van der Waals surface area contributed by atoms with Crippen LogP contribution >= 0.6 is 0 Å². The lowest BCUT2D eigenvalue weighted by Crippen LogP contribution is -2.51. The largest absolute Gasteiger partial charge is 0.480 e. The molecule has 1 unspecified atom stereocenters. The molecule has 3 nitrogen and oxygen atoms in total. The number of carboxylic acids is 1. The molecule has 0 radical (unpaired) electrons. The number of rotatable bonds is 3. The van der Waals surface area contributed by atoms with Crippen molar-refractivity contribution in [3.05, 3.63) is 35.4 Å². The highest BCUT2D eigenvalue weighted by Crippen LogP contribution is 2.31. The molecule has 1 fully saturated rings. The van der Waals surface area contributed by atoms with Crippen molar-refractivity contribution in [2.24, 2.45) is 0 Å². The van der Waals surface area contributed by atoms with E-state index in [0.29, 0.717) is 0 Å². The zero-order chi connectivity index (χ0) is 13.2. The summed E-state index contributed by atoms with van der Waals surface area (Å²) in [6, 6.07) is 7.86. The zero-order valence-corrected chi connectivity index (χ0v) is 11.1. The molecule has 1 aliphatic heterocycles. The maximum atomic E-state index is 11.8. The van der Waals surface area contributed by atoms with Crippen molar-refractivity contribution in [3.63, 3.8) is 0 Å². The minimum Gasteiger partial charge on any atom is -0.480 e. The number of aryl methyl sites for hydroxylation is 1. The van der Waals surface area contributed by atoms with Gasteiger partial charge in [0.2, 0.25) is 0 Å². The standard InChI is InChI=1S/C15H21NO2/c1-12-6-8-13(9-7-12)15(2,14(17)18)16-10-4-3-5-11-16/h6-9H,3-5,10-11H2,1-2H3,(H,17,18). The molecule has 1 aromatic carbocycles. The summed E-state index contributed by atoms with van der Waals surface area (Å²) >= 11 is 0. The van der Waals surface area contributed by atoms with Gasteiger partial charge in [-0.05, 0) is 45.3 Å². The van der Waals surface area contributed by atoms with Crippen LogP contribution in [0.15, 0.2) is 24.3 Å². The van der Waals surface area contributed by atoms with Crippen molar-refractivity contribution in [1.82, 2.24) is 4.90 Å². The van der Waals surface area contributed by atoms with Crippen molar-refractivity contribution in [1.29, 1.82) is 0 Å². The van der Waals surface area contributed by atoms with Crippen LogP contribution in [0, 0.1) is 6.92 Å². The number of piperidine rings is 1. The van der Waals surface area contributed by atoms with E-state index in [2.05, 4.69) is 4.90 Å². The van der Waals surface area contributed by atoms with Crippen LogP contribution in [0.5, 0.6) is 0 Å². The van der Waals surface area contributed by atoms with Gasteiger partial charge in [0.05, 0.1) is 0 Å². The average Bonchev–Trinajstić information content (AvgIpc) is 2.39. The fourth-order valence-corrected chi connectivity index (χ4v) is 2.66. The minimum atomic E-state index is -0.895. The third-order valence-corrected chi connectivity index (χ3v) is 4.02. The van der Waals surface area contributed by atoms with Crippen LogP contribution in [0.4, 0.5) is 0 Å². The van der Waals surface area contributed by atoms with Gasteiger partial charge in [0, 0.05) is 0 Å². The second-order valence-corrected chi connectivity index (χ2v) is 5.29. The molecule has 0 bridgehead atoms. The first-order valence-electron chi connectivity index (χ1n) is 6.61. The lowest BCUT2D eigenvalue weighted by atomic mass is 9.88. The molecule has 1 saturated heterocycles. The number of hydrogen-bond donors (Lipinski definition) is 1. The summed E-state index contributed by atoms with van der Waals surface area (Å²) in [4.78, 5) is 13.9. The maximum absolute atomic E-state index is 11.8. The summed E-state index contributed by atoms with van der Waals surface area (Å²) in [5.74, 6) is -0.756. The van der Waals surface area contributed by atoms with Crippen LogP contribution in [0.25, 0.3) is 0 Å². The summed E-state index contributed by atoms with van der Waals surface area (Å²) in [7, 11) is 0. The Bertz CT molecular complexity index is 421. The Hall–Kier alpha value is -1.35. The predicted molar refractivity (Wildman–Crippen MR) is 71.6 cm³/mol. The Balaban J connectivity index is 2.36. The smallest absolute Gasteiger partial charge is 0.328 e. The van der Waals surface area contributed by atoms with Crippen LogP contribution in [-0.4, -0.2) is 29.1 Å². The Morgan fingerprint density at radius 1 is 1.17 bits per heavy atom. The first kappa shape index (κ1) is 13.1. The van der Waals surface area contributed by atoms with Gasteiger partial charge >= 0.3 is 5.97 Å². The van der Waals surface area contributed by atoms with E-state index in [0.717, 1.165) is 37.1 Å². The van der Waals surface area contributed by atoms with Crippen LogP contribution in [0.2, 0.25) is 0 Å². The molecule has 1 N–H and O–H groups in total. The van der Waals surface area contributed by atoms with Crippen molar-refractivity contribution in [2.45, 2.75) is 38.6 Å². The van der Waals surface area contributed by atoms with Gasteiger partial charge in [-0.2, -0.15) is 0 Å².